The van der Waals surface area contributed by atoms with Crippen molar-refractivity contribution in [3.05, 3.63) is 0 Å². The molecular weight excluding hydrogens is 284 g/mol. The number of amides is 4. The van der Waals surface area contributed by atoms with E-state index < -0.39 is 23.8 Å². The van der Waals surface area contributed by atoms with Gasteiger partial charge in [-0.25, -0.2) is 4.79 Å². The smallest absolute Gasteiger partial charge is 0.302 e. The maximum atomic E-state index is 12.2. The van der Waals surface area contributed by atoms with E-state index in [1.165, 1.54) is 6.21 Å². The highest BCUT2D eigenvalue weighted by molar-refractivity contribution is 6.23. The van der Waals surface area contributed by atoms with Crippen molar-refractivity contribution >= 4 is 24.1 Å². The van der Waals surface area contributed by atoms with E-state index in [4.69, 9.17) is 0 Å². The van der Waals surface area contributed by atoms with Gasteiger partial charge in [0.25, 0.3) is 0 Å². The Morgan fingerprint density at radius 2 is 1.91 bits per heavy atom. The molecule has 0 saturated carbocycles. The lowest BCUT2D eigenvalue weighted by Gasteiger charge is -2.28. The highest BCUT2D eigenvalue weighted by atomic mass is 16.2. The zero-order valence-corrected chi connectivity index (χ0v) is 13.7. The van der Waals surface area contributed by atoms with Crippen LogP contribution in [0.5, 0.6) is 0 Å². The van der Waals surface area contributed by atoms with Gasteiger partial charge >= 0.3 is 6.03 Å². The molecular formula is C15H26N4O3. The normalized spacial score (nSPS) is 19.4. The Kier molecular flexibility index (Phi) is 7.73. The number of nitrogens with one attached hydrogen (secondary N) is 1. The number of rotatable bonds is 9. The topological polar surface area (TPSA) is 82.1 Å². The van der Waals surface area contributed by atoms with Crippen molar-refractivity contribution in [2.24, 2.45) is 10.9 Å². The summed E-state index contributed by atoms with van der Waals surface area (Å²) < 4.78 is 0. The lowest BCUT2D eigenvalue weighted by atomic mass is 10.1. The molecule has 1 N–H and O–H groups in total. The van der Waals surface area contributed by atoms with Gasteiger partial charge in [0, 0.05) is 19.3 Å². The first-order valence-electron chi connectivity index (χ1n) is 7.93. The van der Waals surface area contributed by atoms with Crippen molar-refractivity contribution < 1.29 is 14.4 Å². The van der Waals surface area contributed by atoms with Gasteiger partial charge in [-0.1, -0.05) is 27.2 Å². The molecule has 0 aliphatic carbocycles. The average molecular weight is 310 g/mol. The van der Waals surface area contributed by atoms with Gasteiger partial charge in [-0.2, -0.15) is 0 Å². The van der Waals surface area contributed by atoms with Gasteiger partial charge < -0.3 is 4.90 Å². The van der Waals surface area contributed by atoms with Crippen molar-refractivity contribution in [1.29, 1.82) is 0 Å². The number of carbonyl (C=O) groups is 3. The number of likely N-dealkylation sites (N-methyl/N-ethyl adjacent to an activating group) is 1. The number of hydrogen-bond acceptors (Lipinski definition) is 5. The summed E-state index contributed by atoms with van der Waals surface area (Å²) in [6.07, 6.45) is 2.96. The van der Waals surface area contributed by atoms with Crippen LogP contribution in [0.3, 0.4) is 0 Å². The Morgan fingerprint density at radius 1 is 1.23 bits per heavy atom. The number of barbiturate groups is 1. The average Bonchev–Trinajstić information content (AvgIpc) is 2.50. The Bertz CT molecular complexity index is 433. The second kappa shape index (κ2) is 9.30. The molecule has 22 heavy (non-hydrogen) atoms. The van der Waals surface area contributed by atoms with Crippen LogP contribution in [-0.2, 0) is 9.59 Å². The van der Waals surface area contributed by atoms with Crippen LogP contribution in [-0.4, -0.2) is 66.6 Å². The predicted octanol–water partition coefficient (Wildman–Crippen LogP) is 0.894. The summed E-state index contributed by atoms with van der Waals surface area (Å²) >= 11 is 0. The first-order valence-corrected chi connectivity index (χ1v) is 7.93. The fourth-order valence-electron chi connectivity index (χ4n) is 2.21. The minimum Gasteiger partial charge on any atom is -0.302 e. The third-order valence-corrected chi connectivity index (χ3v) is 3.72. The monoisotopic (exact) mass is 310 g/mol. The highest BCUT2D eigenvalue weighted by Crippen LogP contribution is 2.10. The number of imide groups is 2. The van der Waals surface area contributed by atoms with E-state index in [-0.39, 0.29) is 0 Å². The van der Waals surface area contributed by atoms with Gasteiger partial charge in [0.05, 0.1) is 6.54 Å². The maximum Gasteiger partial charge on any atom is 0.330 e. The highest BCUT2D eigenvalue weighted by Gasteiger charge is 2.38. The van der Waals surface area contributed by atoms with Gasteiger partial charge in [-0.3, -0.25) is 24.8 Å². The van der Waals surface area contributed by atoms with Crippen LogP contribution < -0.4 is 5.32 Å². The van der Waals surface area contributed by atoms with Crippen molar-refractivity contribution in [3.63, 3.8) is 0 Å². The lowest BCUT2D eigenvalue weighted by molar-refractivity contribution is -0.139. The number of hydrogen-bond donors (Lipinski definition) is 1. The Balaban J connectivity index is 2.61. The Labute approximate surface area is 131 Å². The molecule has 1 heterocycles. The summed E-state index contributed by atoms with van der Waals surface area (Å²) in [4.78, 5) is 43.2. The molecule has 0 spiro atoms. The molecule has 7 nitrogen and oxygen atoms in total. The fraction of sp³-hybridized carbons (Fsp3) is 0.733. The summed E-state index contributed by atoms with van der Waals surface area (Å²) in [6.45, 7) is 9.64. The van der Waals surface area contributed by atoms with Gasteiger partial charge in [-0.15, -0.1) is 0 Å². The molecule has 4 amide bonds. The lowest BCUT2D eigenvalue weighted by Crippen LogP contribution is -2.58. The van der Waals surface area contributed by atoms with E-state index in [2.05, 4.69) is 29.1 Å². The largest absolute Gasteiger partial charge is 0.330 e. The van der Waals surface area contributed by atoms with Gasteiger partial charge in [0.1, 0.15) is 0 Å². The molecule has 7 heteroatoms. The number of unbranched alkanes of at least 4 members (excludes halogenated alkanes) is 1. The van der Waals surface area contributed by atoms with Crippen LogP contribution in [0.15, 0.2) is 4.99 Å². The van der Waals surface area contributed by atoms with Crippen molar-refractivity contribution in [2.75, 3.05) is 32.7 Å². The summed E-state index contributed by atoms with van der Waals surface area (Å²) in [5.41, 5.74) is 0. The van der Waals surface area contributed by atoms with Crippen LogP contribution in [0.1, 0.15) is 33.6 Å². The second-order valence-electron chi connectivity index (χ2n) is 5.20. The first-order chi connectivity index (χ1) is 10.5. The molecule has 0 bridgehead atoms. The third kappa shape index (κ3) is 4.91. The number of aliphatic imine (C=N–C) groups is 1. The van der Waals surface area contributed by atoms with E-state index in [9.17, 15) is 14.4 Å². The van der Waals surface area contributed by atoms with Crippen molar-refractivity contribution in [3.8, 4) is 0 Å². The molecule has 0 radical (unpaired) electrons. The minimum absolute atomic E-state index is 0.332. The predicted molar refractivity (Wildman–Crippen MR) is 84.8 cm³/mol. The second-order valence-corrected chi connectivity index (χ2v) is 5.20. The molecule has 1 rings (SSSR count). The molecule has 0 aromatic heterocycles. The Morgan fingerprint density at radius 3 is 2.50 bits per heavy atom. The number of nitrogens with zero attached hydrogens (tertiary/aromatic N) is 3. The molecule has 1 aliphatic heterocycles. The number of carbonyl (C=O) groups excluding carboxylic acids is 3. The maximum absolute atomic E-state index is 12.2. The van der Waals surface area contributed by atoms with E-state index >= 15 is 0 Å². The van der Waals surface area contributed by atoms with E-state index in [1.54, 1.807) is 0 Å². The zero-order chi connectivity index (χ0) is 16.5. The summed E-state index contributed by atoms with van der Waals surface area (Å²) in [5, 5.41) is 2.22. The molecule has 0 aromatic rings. The van der Waals surface area contributed by atoms with E-state index in [0.717, 1.165) is 37.4 Å². The standard InChI is InChI=1S/C15H26N4O3/c1-4-7-9-19-14(21)12(13(20)17-15(19)22)11-16-8-10-18(5-2)6-3/h11-12H,4-10H2,1-3H3,(H,17,20,22)/t12-/m1/s1. The number of urea groups is 1. The van der Waals surface area contributed by atoms with Gasteiger partial charge in [0.15, 0.2) is 5.92 Å². The quantitative estimate of drug-likeness (QED) is 0.506. The zero-order valence-electron chi connectivity index (χ0n) is 13.7. The van der Waals surface area contributed by atoms with E-state index in [1.807, 2.05) is 6.92 Å². The SMILES string of the molecule is CCCCN1C(=O)NC(=O)[C@@H](C=NCCN(CC)CC)C1=O. The molecule has 1 atom stereocenters. The Hall–Kier alpha value is -1.76. The van der Waals surface area contributed by atoms with Crippen molar-refractivity contribution in [1.82, 2.24) is 15.1 Å². The summed E-state index contributed by atoms with van der Waals surface area (Å²) in [7, 11) is 0. The first kappa shape index (κ1) is 18.3. The summed E-state index contributed by atoms with van der Waals surface area (Å²) in [5.74, 6) is -2.06. The van der Waals surface area contributed by atoms with Crippen LogP contribution in [0.25, 0.3) is 0 Å². The van der Waals surface area contributed by atoms with Crippen LogP contribution in [0.2, 0.25) is 0 Å². The van der Waals surface area contributed by atoms with Crippen LogP contribution in [0, 0.1) is 5.92 Å². The molecule has 1 saturated heterocycles. The van der Waals surface area contributed by atoms with Gasteiger partial charge in [0.2, 0.25) is 11.8 Å². The van der Waals surface area contributed by atoms with Gasteiger partial charge in [-0.05, 0) is 19.5 Å². The minimum atomic E-state index is -0.994. The molecule has 124 valence electrons. The van der Waals surface area contributed by atoms with Crippen LogP contribution in [0.4, 0.5) is 4.79 Å². The molecule has 0 aromatic carbocycles. The van der Waals surface area contributed by atoms with Crippen LogP contribution >= 0.6 is 0 Å². The molecule has 0 unspecified atom stereocenters. The molecule has 1 aliphatic rings. The molecule has 1 fully saturated rings. The van der Waals surface area contributed by atoms with Crippen molar-refractivity contribution in [2.45, 2.75) is 33.6 Å². The third-order valence-electron chi connectivity index (χ3n) is 3.72. The van der Waals surface area contributed by atoms with E-state index in [0.29, 0.717) is 13.1 Å². The summed E-state index contributed by atoms with van der Waals surface area (Å²) in [6, 6.07) is -0.628. The fourth-order valence-corrected chi connectivity index (χ4v) is 2.21.